The number of benzene rings is 1. The van der Waals surface area contributed by atoms with Gasteiger partial charge in [-0.05, 0) is 18.6 Å². The van der Waals surface area contributed by atoms with Crippen LogP contribution >= 0.6 is 0 Å². The number of aliphatic hydroxyl groups is 2. The molecular formula is C19H21NO8. The number of amides is 1. The Kier molecular flexibility index (Phi) is 5.14. The molecule has 2 heterocycles. The van der Waals surface area contributed by atoms with E-state index in [2.05, 4.69) is 0 Å². The van der Waals surface area contributed by atoms with Gasteiger partial charge in [0.1, 0.15) is 5.56 Å². The van der Waals surface area contributed by atoms with E-state index in [9.17, 15) is 29.7 Å². The van der Waals surface area contributed by atoms with Crippen LogP contribution in [0.5, 0.6) is 11.5 Å². The van der Waals surface area contributed by atoms with Crippen molar-refractivity contribution in [3.63, 3.8) is 0 Å². The van der Waals surface area contributed by atoms with Crippen LogP contribution in [0.1, 0.15) is 21.5 Å². The van der Waals surface area contributed by atoms with Crippen molar-refractivity contribution in [3.05, 3.63) is 33.2 Å². The van der Waals surface area contributed by atoms with E-state index in [1.807, 2.05) is 0 Å². The van der Waals surface area contributed by atoms with Crippen LogP contribution < -0.4 is 10.4 Å². The van der Waals surface area contributed by atoms with Gasteiger partial charge in [0, 0.05) is 18.5 Å². The van der Waals surface area contributed by atoms with Crippen LogP contribution in [0.25, 0.3) is 11.0 Å². The average Bonchev–Trinajstić information content (AvgIpc) is 2.65. The molecule has 1 saturated heterocycles. The summed E-state index contributed by atoms with van der Waals surface area (Å²) in [5.74, 6) is -0.725. The fraction of sp³-hybridized carbons (Fsp3) is 0.421. The Morgan fingerprint density at radius 2 is 2.00 bits per heavy atom. The van der Waals surface area contributed by atoms with Crippen molar-refractivity contribution < 1.29 is 34.1 Å². The predicted octanol–water partition coefficient (Wildman–Crippen LogP) is -0.0162. The van der Waals surface area contributed by atoms with E-state index in [1.165, 1.54) is 18.1 Å². The maximum absolute atomic E-state index is 12.5. The maximum atomic E-state index is 12.5. The third-order valence-corrected chi connectivity index (χ3v) is 5.29. The standard InChI is InChI=1S/C19H21NO8/c1-10-11-3-14(27-2)16(25)13(5-21)17(11)28-18(26)12(10)4-15(24)20-6-19(7-20,8-22)9-23/h3,5,22-23,25H,4,6-9H2,1-2H3. The number of aliphatic hydroxyl groups excluding tert-OH is 2. The molecule has 150 valence electrons. The van der Waals surface area contributed by atoms with Crippen molar-refractivity contribution in [2.24, 2.45) is 5.41 Å². The molecule has 0 bridgehead atoms. The summed E-state index contributed by atoms with van der Waals surface area (Å²) in [6.45, 7) is 1.56. The average molecular weight is 391 g/mol. The molecule has 0 unspecified atom stereocenters. The van der Waals surface area contributed by atoms with Crippen molar-refractivity contribution in [1.82, 2.24) is 4.90 Å². The van der Waals surface area contributed by atoms with Gasteiger partial charge in [-0.2, -0.15) is 0 Å². The fourth-order valence-electron chi connectivity index (χ4n) is 3.43. The van der Waals surface area contributed by atoms with Crippen molar-refractivity contribution >= 4 is 23.2 Å². The molecule has 0 radical (unpaired) electrons. The Balaban J connectivity index is 1.99. The molecule has 1 fully saturated rings. The van der Waals surface area contributed by atoms with Crippen molar-refractivity contribution in [3.8, 4) is 11.5 Å². The van der Waals surface area contributed by atoms with Gasteiger partial charge in [0.15, 0.2) is 23.4 Å². The van der Waals surface area contributed by atoms with Gasteiger partial charge < -0.3 is 29.4 Å². The number of phenols is 1. The highest BCUT2D eigenvalue weighted by atomic mass is 16.5. The highest BCUT2D eigenvalue weighted by molar-refractivity contribution is 6.00. The lowest BCUT2D eigenvalue weighted by Crippen LogP contribution is -2.62. The minimum Gasteiger partial charge on any atom is -0.504 e. The van der Waals surface area contributed by atoms with E-state index in [1.54, 1.807) is 6.92 Å². The molecule has 9 nitrogen and oxygen atoms in total. The summed E-state index contributed by atoms with van der Waals surface area (Å²) in [4.78, 5) is 37.8. The fourth-order valence-corrected chi connectivity index (χ4v) is 3.43. The lowest BCUT2D eigenvalue weighted by Gasteiger charge is -2.48. The number of likely N-dealkylation sites (tertiary alicyclic amines) is 1. The number of rotatable bonds is 6. The predicted molar refractivity (Wildman–Crippen MR) is 97.7 cm³/mol. The number of aromatic hydroxyl groups is 1. The summed E-state index contributed by atoms with van der Waals surface area (Å²) < 4.78 is 10.3. The first kappa shape index (κ1) is 19.8. The van der Waals surface area contributed by atoms with E-state index in [4.69, 9.17) is 9.15 Å². The molecule has 1 aromatic heterocycles. The zero-order chi connectivity index (χ0) is 20.6. The van der Waals surface area contributed by atoms with Gasteiger partial charge >= 0.3 is 5.63 Å². The van der Waals surface area contributed by atoms with Crippen LogP contribution in [0.15, 0.2) is 15.3 Å². The van der Waals surface area contributed by atoms with Crippen LogP contribution in [-0.2, 0) is 11.2 Å². The second-order valence-electron chi connectivity index (χ2n) is 7.07. The highest BCUT2D eigenvalue weighted by Gasteiger charge is 2.44. The second kappa shape index (κ2) is 7.25. The van der Waals surface area contributed by atoms with E-state index < -0.39 is 16.8 Å². The van der Waals surface area contributed by atoms with E-state index in [0.29, 0.717) is 17.2 Å². The Labute approximate surface area is 159 Å². The molecule has 0 spiro atoms. The number of ether oxygens (including phenoxy) is 1. The summed E-state index contributed by atoms with van der Waals surface area (Å²) in [5, 5.41) is 29.1. The third kappa shape index (κ3) is 3.02. The summed E-state index contributed by atoms with van der Waals surface area (Å²) in [6.07, 6.45) is 0.146. The highest BCUT2D eigenvalue weighted by Crippen LogP contribution is 2.37. The molecule has 1 aromatic carbocycles. The van der Waals surface area contributed by atoms with Gasteiger partial charge in [-0.1, -0.05) is 0 Å². The third-order valence-electron chi connectivity index (χ3n) is 5.29. The van der Waals surface area contributed by atoms with Gasteiger partial charge in [0.25, 0.3) is 0 Å². The Morgan fingerprint density at radius 3 is 2.54 bits per heavy atom. The number of aryl methyl sites for hydroxylation is 1. The van der Waals surface area contributed by atoms with Gasteiger partial charge in [-0.3, -0.25) is 9.59 Å². The van der Waals surface area contributed by atoms with Gasteiger partial charge in [0.2, 0.25) is 5.91 Å². The molecule has 3 rings (SSSR count). The van der Waals surface area contributed by atoms with E-state index in [0.717, 1.165) is 0 Å². The number of hydrogen-bond donors (Lipinski definition) is 3. The molecule has 28 heavy (non-hydrogen) atoms. The molecule has 9 heteroatoms. The summed E-state index contributed by atoms with van der Waals surface area (Å²) in [5.41, 5.74) is -1.18. The first-order valence-electron chi connectivity index (χ1n) is 8.61. The quantitative estimate of drug-likeness (QED) is 0.462. The summed E-state index contributed by atoms with van der Waals surface area (Å²) >= 11 is 0. The minimum absolute atomic E-state index is 0.0437. The second-order valence-corrected chi connectivity index (χ2v) is 7.07. The van der Waals surface area contributed by atoms with Crippen molar-refractivity contribution in [2.45, 2.75) is 13.3 Å². The minimum atomic E-state index is -0.776. The molecule has 2 aromatic rings. The molecule has 1 amide bonds. The van der Waals surface area contributed by atoms with Crippen LogP contribution in [0.4, 0.5) is 0 Å². The number of nitrogens with zero attached hydrogens (tertiary/aromatic N) is 1. The lowest BCUT2D eigenvalue weighted by atomic mass is 9.81. The maximum Gasteiger partial charge on any atom is 0.340 e. The molecule has 0 saturated carbocycles. The number of carbonyl (C=O) groups excluding carboxylic acids is 2. The molecule has 3 N–H and O–H groups in total. The van der Waals surface area contributed by atoms with E-state index >= 15 is 0 Å². The van der Waals surface area contributed by atoms with Crippen LogP contribution in [0.2, 0.25) is 0 Å². The van der Waals surface area contributed by atoms with Crippen molar-refractivity contribution in [1.29, 1.82) is 0 Å². The van der Waals surface area contributed by atoms with Gasteiger partial charge in [-0.15, -0.1) is 0 Å². The lowest BCUT2D eigenvalue weighted by molar-refractivity contribution is -0.149. The number of fused-ring (bicyclic) bond motifs is 1. The molecule has 0 aliphatic carbocycles. The van der Waals surface area contributed by atoms with Crippen LogP contribution in [0.3, 0.4) is 0 Å². The Hall–Kier alpha value is -2.91. The number of aldehydes is 1. The zero-order valence-corrected chi connectivity index (χ0v) is 15.5. The zero-order valence-electron chi connectivity index (χ0n) is 15.5. The van der Waals surface area contributed by atoms with Gasteiger partial charge in [-0.25, -0.2) is 4.79 Å². The monoisotopic (exact) mass is 391 g/mol. The Bertz CT molecular complexity index is 997. The normalized spacial score (nSPS) is 15.4. The van der Waals surface area contributed by atoms with Gasteiger partial charge in [0.05, 0.1) is 37.7 Å². The first-order valence-corrected chi connectivity index (χ1v) is 8.61. The molecule has 1 aliphatic heterocycles. The number of carbonyl (C=O) groups is 2. The molecular weight excluding hydrogens is 370 g/mol. The van der Waals surface area contributed by atoms with E-state index in [-0.39, 0.29) is 61.1 Å². The smallest absolute Gasteiger partial charge is 0.340 e. The summed E-state index contributed by atoms with van der Waals surface area (Å²) in [7, 11) is 1.33. The topological polar surface area (TPSA) is 138 Å². The SMILES string of the molecule is COc1cc2c(C)c(CC(=O)N3CC(CO)(CO)C3)c(=O)oc2c(C=O)c1O. The number of methoxy groups -OCH3 is 1. The Morgan fingerprint density at radius 1 is 1.36 bits per heavy atom. The van der Waals surface area contributed by atoms with Crippen LogP contribution in [0, 0.1) is 12.3 Å². The first-order chi connectivity index (χ1) is 13.3. The largest absolute Gasteiger partial charge is 0.504 e. The summed E-state index contributed by atoms with van der Waals surface area (Å²) in [6, 6.07) is 1.44. The van der Waals surface area contributed by atoms with Crippen LogP contribution in [-0.4, -0.2) is 65.8 Å². The number of hydrogen-bond acceptors (Lipinski definition) is 8. The number of phenolic OH excluding ortho intramolecular Hbond substituents is 1. The van der Waals surface area contributed by atoms with Crippen molar-refractivity contribution in [2.75, 3.05) is 33.4 Å². The molecule has 0 atom stereocenters. The molecule has 1 aliphatic rings.